The van der Waals surface area contributed by atoms with E-state index in [1.165, 1.54) is 218 Å². The van der Waals surface area contributed by atoms with Crippen LogP contribution in [0.5, 0.6) is 0 Å². The summed E-state index contributed by atoms with van der Waals surface area (Å²) >= 11 is 0. The van der Waals surface area contributed by atoms with Crippen molar-refractivity contribution in [3.8, 4) is 0 Å². The molecule has 3 unspecified atom stereocenters. The fraction of sp³-hybridized carbons (Fsp3) is 0.944. The summed E-state index contributed by atoms with van der Waals surface area (Å²) < 4.78 is 23.3. The molecule has 0 heterocycles. The Bertz CT molecular complexity index is 1040. The molecular formula is C54H109N2O6P. The number of carbonyl (C=O) groups excluding carboxylic acids is 1. The quantitative estimate of drug-likeness (QED) is 0.0272. The van der Waals surface area contributed by atoms with Crippen molar-refractivity contribution in [2.45, 2.75) is 289 Å². The lowest BCUT2D eigenvalue weighted by atomic mass is 10.0. The second-order valence-electron chi connectivity index (χ2n) is 20.3. The molecule has 0 aromatic heterocycles. The highest BCUT2D eigenvalue weighted by Gasteiger charge is 2.23. The van der Waals surface area contributed by atoms with Gasteiger partial charge in [0.15, 0.2) is 0 Å². The molecule has 376 valence electrons. The predicted octanol–water partition coefficient (Wildman–Crippen LogP) is 15.6. The number of phosphoric ester groups is 1. The van der Waals surface area contributed by atoms with Gasteiger partial charge in [-0.05, 0) is 19.3 Å². The Balaban J connectivity index is 4.16. The zero-order valence-corrected chi connectivity index (χ0v) is 43.7. The van der Waals surface area contributed by atoms with Crippen molar-refractivity contribution < 1.29 is 32.9 Å². The minimum atomic E-state index is -4.59. The van der Waals surface area contributed by atoms with E-state index in [0.717, 1.165) is 38.5 Å². The number of hydrogen-bond acceptors (Lipinski definition) is 6. The van der Waals surface area contributed by atoms with Gasteiger partial charge >= 0.3 is 0 Å². The lowest BCUT2D eigenvalue weighted by molar-refractivity contribution is -0.870. The molecule has 0 saturated heterocycles. The molecule has 3 atom stereocenters. The van der Waals surface area contributed by atoms with Crippen molar-refractivity contribution >= 4 is 13.7 Å². The van der Waals surface area contributed by atoms with Gasteiger partial charge in [-0.1, -0.05) is 264 Å². The molecule has 0 aromatic rings. The molecule has 9 heteroatoms. The van der Waals surface area contributed by atoms with Gasteiger partial charge in [-0.2, -0.15) is 0 Å². The molecule has 0 saturated carbocycles. The van der Waals surface area contributed by atoms with Crippen LogP contribution in [0.15, 0.2) is 12.2 Å². The molecule has 0 aromatic carbocycles. The van der Waals surface area contributed by atoms with E-state index in [0.29, 0.717) is 17.4 Å². The van der Waals surface area contributed by atoms with Crippen LogP contribution >= 0.6 is 7.82 Å². The number of nitrogens with zero attached hydrogens (tertiary/aromatic N) is 1. The predicted molar refractivity (Wildman–Crippen MR) is 270 cm³/mol. The summed E-state index contributed by atoms with van der Waals surface area (Å²) in [5.41, 5.74) is 0. The lowest BCUT2D eigenvalue weighted by Gasteiger charge is -2.29. The first-order valence-corrected chi connectivity index (χ1v) is 29.0. The number of hydrogen-bond donors (Lipinski definition) is 2. The van der Waals surface area contributed by atoms with E-state index in [1.807, 2.05) is 27.2 Å². The van der Waals surface area contributed by atoms with Gasteiger partial charge in [-0.3, -0.25) is 9.36 Å². The molecule has 0 bridgehead atoms. The minimum absolute atomic E-state index is 0.00252. The number of quaternary nitrogens is 1. The monoisotopic (exact) mass is 913 g/mol. The highest BCUT2D eigenvalue weighted by atomic mass is 31.2. The van der Waals surface area contributed by atoms with Crippen LogP contribution in [-0.4, -0.2) is 68.5 Å². The number of allylic oxidation sites excluding steroid dienone is 1. The van der Waals surface area contributed by atoms with Crippen molar-refractivity contribution in [3.05, 3.63) is 12.2 Å². The molecule has 0 fully saturated rings. The number of amides is 1. The van der Waals surface area contributed by atoms with Crippen molar-refractivity contribution in [1.29, 1.82) is 0 Å². The first-order chi connectivity index (χ1) is 30.5. The van der Waals surface area contributed by atoms with Crippen LogP contribution in [0.2, 0.25) is 0 Å². The number of unbranched alkanes of at least 4 members (excludes halogenated alkanes) is 38. The molecule has 63 heavy (non-hydrogen) atoms. The molecule has 0 radical (unpaired) electrons. The van der Waals surface area contributed by atoms with Gasteiger partial charge in [0.1, 0.15) is 13.2 Å². The van der Waals surface area contributed by atoms with Crippen LogP contribution in [0.25, 0.3) is 0 Å². The van der Waals surface area contributed by atoms with E-state index < -0.39 is 20.0 Å². The third-order valence-corrected chi connectivity index (χ3v) is 13.7. The number of nitrogens with one attached hydrogen (secondary N) is 1. The van der Waals surface area contributed by atoms with Crippen LogP contribution in [0.4, 0.5) is 0 Å². The molecule has 0 rings (SSSR count). The summed E-state index contributed by atoms with van der Waals surface area (Å²) in [6.45, 7) is 4.69. The third kappa shape index (κ3) is 49.0. The van der Waals surface area contributed by atoms with Gasteiger partial charge in [-0.25, -0.2) is 0 Å². The Labute approximate surface area is 392 Å². The molecule has 0 aliphatic carbocycles. The fourth-order valence-electron chi connectivity index (χ4n) is 8.39. The van der Waals surface area contributed by atoms with E-state index in [-0.39, 0.29) is 19.1 Å². The maximum atomic E-state index is 12.9. The number of rotatable bonds is 51. The van der Waals surface area contributed by atoms with Gasteiger partial charge in [0, 0.05) is 6.42 Å². The second-order valence-corrected chi connectivity index (χ2v) is 21.7. The Morgan fingerprint density at radius 2 is 0.857 bits per heavy atom. The van der Waals surface area contributed by atoms with E-state index in [4.69, 9.17) is 9.05 Å². The SMILES string of the molecule is CCCCCCCCCCCCCCCC/C=C/C(O)C(COP(=O)([O-])OCC[N+](C)(C)C)NC(=O)CCCCCCCCCCCCCCCCCCCCCCCCCCC. The number of aliphatic hydroxyl groups excluding tert-OH is 1. The molecular weight excluding hydrogens is 804 g/mol. The van der Waals surface area contributed by atoms with E-state index in [9.17, 15) is 19.4 Å². The summed E-state index contributed by atoms with van der Waals surface area (Å²) in [6.07, 6.45) is 55.6. The Kier molecular flexibility index (Phi) is 45.8. The van der Waals surface area contributed by atoms with Gasteiger partial charge in [-0.15, -0.1) is 0 Å². The Morgan fingerprint density at radius 3 is 1.19 bits per heavy atom. The molecule has 0 aliphatic heterocycles. The van der Waals surface area contributed by atoms with Crippen LogP contribution in [-0.2, 0) is 18.4 Å². The first-order valence-electron chi connectivity index (χ1n) is 27.6. The van der Waals surface area contributed by atoms with Gasteiger partial charge < -0.3 is 28.8 Å². The van der Waals surface area contributed by atoms with Crippen molar-refractivity contribution in [1.82, 2.24) is 5.32 Å². The molecule has 1 amide bonds. The van der Waals surface area contributed by atoms with Gasteiger partial charge in [0.05, 0.1) is 39.9 Å². The smallest absolute Gasteiger partial charge is 0.268 e. The summed E-state index contributed by atoms with van der Waals surface area (Å²) in [5, 5.41) is 13.9. The Hall–Kier alpha value is -0.760. The van der Waals surface area contributed by atoms with Crippen LogP contribution < -0.4 is 10.2 Å². The van der Waals surface area contributed by atoms with E-state index in [2.05, 4.69) is 19.2 Å². The number of likely N-dealkylation sites (N-methyl/N-ethyl adjacent to an activating group) is 1. The number of aliphatic hydroxyl groups is 1. The topological polar surface area (TPSA) is 108 Å². The summed E-state index contributed by atoms with van der Waals surface area (Å²) in [5.74, 6) is -0.191. The number of carbonyl (C=O) groups is 1. The summed E-state index contributed by atoms with van der Waals surface area (Å²) in [4.78, 5) is 25.4. The highest BCUT2D eigenvalue weighted by molar-refractivity contribution is 7.45. The average molecular weight is 913 g/mol. The molecule has 8 nitrogen and oxygen atoms in total. The first kappa shape index (κ1) is 62.2. The van der Waals surface area contributed by atoms with Crippen LogP contribution in [0, 0.1) is 0 Å². The van der Waals surface area contributed by atoms with Gasteiger partial charge in [0.25, 0.3) is 7.82 Å². The van der Waals surface area contributed by atoms with Crippen LogP contribution in [0.1, 0.15) is 277 Å². The van der Waals surface area contributed by atoms with Crippen LogP contribution in [0.3, 0.4) is 0 Å². The molecule has 0 aliphatic rings. The zero-order chi connectivity index (χ0) is 46.4. The van der Waals surface area contributed by atoms with E-state index in [1.54, 1.807) is 6.08 Å². The minimum Gasteiger partial charge on any atom is -0.756 e. The maximum Gasteiger partial charge on any atom is 0.268 e. The molecule has 0 spiro atoms. The zero-order valence-electron chi connectivity index (χ0n) is 42.8. The normalized spacial score (nSPS) is 14.1. The average Bonchev–Trinajstić information content (AvgIpc) is 3.24. The third-order valence-electron chi connectivity index (χ3n) is 12.7. The summed E-state index contributed by atoms with van der Waals surface area (Å²) in [6, 6.07) is -0.881. The van der Waals surface area contributed by atoms with E-state index >= 15 is 0 Å². The largest absolute Gasteiger partial charge is 0.756 e. The van der Waals surface area contributed by atoms with Gasteiger partial charge in [0.2, 0.25) is 5.91 Å². The molecule has 2 N–H and O–H groups in total. The summed E-state index contributed by atoms with van der Waals surface area (Å²) in [7, 11) is 1.28. The second kappa shape index (κ2) is 46.4. The fourth-order valence-corrected chi connectivity index (χ4v) is 9.11. The van der Waals surface area contributed by atoms with Crippen molar-refractivity contribution in [3.63, 3.8) is 0 Å². The van der Waals surface area contributed by atoms with Crippen molar-refractivity contribution in [2.75, 3.05) is 40.9 Å². The highest BCUT2D eigenvalue weighted by Crippen LogP contribution is 2.38. The lowest BCUT2D eigenvalue weighted by Crippen LogP contribution is -2.45. The standard InChI is InChI=1S/C54H109N2O6P/c1-6-8-10-12-14-16-18-20-22-24-25-26-27-28-29-30-31-32-34-36-38-40-42-44-46-48-54(58)55-52(51-62-63(59,60)61-50-49-56(3,4)5)53(57)47-45-43-41-39-37-35-33-23-21-19-17-15-13-11-9-7-2/h45,47,52-53,57H,6-44,46,48-51H2,1-5H3,(H-,55,58,59,60)/b47-45+. The Morgan fingerprint density at radius 1 is 0.540 bits per heavy atom. The maximum absolute atomic E-state index is 12.9. The number of phosphoric acid groups is 1. The van der Waals surface area contributed by atoms with Crippen molar-refractivity contribution in [2.24, 2.45) is 0 Å².